The van der Waals surface area contributed by atoms with Crippen molar-refractivity contribution in [1.29, 1.82) is 0 Å². The molecule has 0 spiro atoms. The smallest absolute Gasteiger partial charge is 0.191 e. The fourth-order valence-corrected chi connectivity index (χ4v) is 3.95. The third kappa shape index (κ3) is 5.49. The second-order valence-electron chi connectivity index (χ2n) is 6.60. The van der Waals surface area contributed by atoms with Crippen molar-refractivity contribution in [3.63, 3.8) is 0 Å². The van der Waals surface area contributed by atoms with Gasteiger partial charge in [0.25, 0.3) is 0 Å². The molecule has 3 rings (SSSR count). The zero-order valence-electron chi connectivity index (χ0n) is 15.9. The van der Waals surface area contributed by atoms with Crippen molar-refractivity contribution in [3.8, 4) is 0 Å². The van der Waals surface area contributed by atoms with Crippen molar-refractivity contribution in [2.45, 2.75) is 24.8 Å². The summed E-state index contributed by atoms with van der Waals surface area (Å²) in [7, 11) is 3.61. The van der Waals surface area contributed by atoms with Crippen LogP contribution in [0.25, 0.3) is 0 Å². The van der Waals surface area contributed by atoms with Crippen molar-refractivity contribution in [2.24, 2.45) is 12.0 Å². The van der Waals surface area contributed by atoms with E-state index in [4.69, 9.17) is 27.9 Å². The lowest BCUT2D eigenvalue weighted by atomic mass is 9.74. The monoisotopic (exact) mass is 538 g/mol. The number of hydrogen-bond donors (Lipinski definition) is 2. The summed E-state index contributed by atoms with van der Waals surface area (Å²) in [5.74, 6) is 1.54. The standard InChI is InChI=1S/C18H24Cl2N6O.HI/c1-21-17(22-10-16-24-12-25-26(16)2)23-11-18(5-7-27-8-6-18)14-4-3-13(19)9-15(14)20;/h3-4,9,12H,5-8,10-11H2,1-2H3,(H2,21,22,23);1H. The Balaban J connectivity index is 0.00000280. The van der Waals surface area contributed by atoms with Gasteiger partial charge in [0, 0.05) is 49.3 Å². The number of rotatable bonds is 5. The van der Waals surface area contributed by atoms with Gasteiger partial charge in [-0.25, -0.2) is 4.98 Å². The van der Waals surface area contributed by atoms with Crippen LogP contribution in [0.4, 0.5) is 0 Å². The minimum atomic E-state index is -0.137. The Morgan fingerprint density at radius 2 is 2.04 bits per heavy atom. The maximum Gasteiger partial charge on any atom is 0.191 e. The van der Waals surface area contributed by atoms with E-state index < -0.39 is 0 Å². The molecule has 0 amide bonds. The number of halogens is 3. The Labute approximate surface area is 192 Å². The normalized spacial score (nSPS) is 16.4. The fraction of sp³-hybridized carbons (Fsp3) is 0.500. The molecule has 1 aromatic heterocycles. The van der Waals surface area contributed by atoms with Crippen LogP contribution in [0.1, 0.15) is 24.2 Å². The first-order valence-electron chi connectivity index (χ1n) is 8.85. The van der Waals surface area contributed by atoms with Gasteiger partial charge < -0.3 is 15.4 Å². The fourth-order valence-electron chi connectivity index (χ4n) is 3.34. The highest BCUT2D eigenvalue weighted by Gasteiger charge is 2.36. The molecule has 7 nitrogen and oxygen atoms in total. The van der Waals surface area contributed by atoms with Crippen LogP contribution in [-0.2, 0) is 23.7 Å². The Morgan fingerprint density at radius 1 is 1.29 bits per heavy atom. The van der Waals surface area contributed by atoms with Crippen molar-refractivity contribution in [2.75, 3.05) is 26.8 Å². The number of hydrogen-bond acceptors (Lipinski definition) is 4. The zero-order valence-corrected chi connectivity index (χ0v) is 19.8. The van der Waals surface area contributed by atoms with Crippen molar-refractivity contribution >= 4 is 53.1 Å². The SMILES string of the molecule is CN=C(NCc1ncnn1C)NCC1(c2ccc(Cl)cc2Cl)CCOCC1.I. The van der Waals surface area contributed by atoms with Crippen molar-refractivity contribution < 1.29 is 4.74 Å². The van der Waals surface area contributed by atoms with Gasteiger partial charge in [-0.05, 0) is 30.5 Å². The average molecular weight is 539 g/mol. The molecular formula is C18H25Cl2IN6O. The maximum absolute atomic E-state index is 6.53. The van der Waals surface area contributed by atoms with Gasteiger partial charge in [0.1, 0.15) is 12.2 Å². The summed E-state index contributed by atoms with van der Waals surface area (Å²) in [6.45, 7) is 2.63. The number of aliphatic imine (C=N–C) groups is 1. The number of benzene rings is 1. The summed E-state index contributed by atoms with van der Waals surface area (Å²) in [6.07, 6.45) is 3.29. The molecule has 0 atom stereocenters. The zero-order chi connectivity index (χ0) is 19.3. The molecule has 28 heavy (non-hydrogen) atoms. The molecule has 1 aromatic carbocycles. The molecule has 0 saturated carbocycles. The molecule has 2 aromatic rings. The summed E-state index contributed by atoms with van der Waals surface area (Å²) in [4.78, 5) is 8.53. The van der Waals surface area contributed by atoms with Gasteiger partial charge in [0.05, 0.1) is 6.54 Å². The first-order valence-corrected chi connectivity index (χ1v) is 9.60. The van der Waals surface area contributed by atoms with Crippen molar-refractivity contribution in [3.05, 3.63) is 46.0 Å². The lowest BCUT2D eigenvalue weighted by Crippen LogP contribution is -2.48. The van der Waals surface area contributed by atoms with E-state index in [1.165, 1.54) is 6.33 Å². The second kappa shape index (κ2) is 10.6. The highest BCUT2D eigenvalue weighted by atomic mass is 127. The van der Waals surface area contributed by atoms with Crippen LogP contribution < -0.4 is 10.6 Å². The molecule has 1 aliphatic heterocycles. The van der Waals surface area contributed by atoms with Crippen LogP contribution in [-0.4, -0.2) is 47.5 Å². The highest BCUT2D eigenvalue weighted by Crippen LogP contribution is 2.39. The molecule has 0 bridgehead atoms. The van der Waals surface area contributed by atoms with Crippen LogP contribution in [0.15, 0.2) is 29.5 Å². The molecule has 0 unspecified atom stereocenters. The number of aromatic nitrogens is 3. The van der Waals surface area contributed by atoms with Crippen LogP contribution in [0.3, 0.4) is 0 Å². The van der Waals surface area contributed by atoms with E-state index in [0.29, 0.717) is 42.3 Å². The molecule has 154 valence electrons. The minimum absolute atomic E-state index is 0. The minimum Gasteiger partial charge on any atom is -0.381 e. The number of guanidine groups is 1. The summed E-state index contributed by atoms with van der Waals surface area (Å²) in [5.41, 5.74) is 0.954. The Kier molecular flexibility index (Phi) is 8.79. The van der Waals surface area contributed by atoms with E-state index in [-0.39, 0.29) is 29.4 Å². The van der Waals surface area contributed by atoms with Gasteiger partial charge in [-0.2, -0.15) is 5.10 Å². The lowest BCUT2D eigenvalue weighted by molar-refractivity contribution is 0.0514. The highest BCUT2D eigenvalue weighted by molar-refractivity contribution is 14.0. The third-order valence-electron chi connectivity index (χ3n) is 4.99. The van der Waals surface area contributed by atoms with Gasteiger partial charge >= 0.3 is 0 Å². The van der Waals surface area contributed by atoms with E-state index in [1.807, 2.05) is 19.2 Å². The molecule has 10 heteroatoms. The topological polar surface area (TPSA) is 76.4 Å². The number of aryl methyl sites for hydroxylation is 1. The predicted octanol–water partition coefficient (Wildman–Crippen LogP) is 3.15. The Morgan fingerprint density at radius 3 is 2.64 bits per heavy atom. The van der Waals surface area contributed by atoms with Crippen LogP contribution in [0.2, 0.25) is 10.0 Å². The van der Waals surface area contributed by atoms with Crippen molar-refractivity contribution in [1.82, 2.24) is 25.4 Å². The number of nitrogens with one attached hydrogen (secondary N) is 2. The largest absolute Gasteiger partial charge is 0.381 e. The first kappa shape index (κ1) is 23.2. The number of ether oxygens (including phenoxy) is 1. The van der Waals surface area contributed by atoms with Gasteiger partial charge in [0.2, 0.25) is 0 Å². The van der Waals surface area contributed by atoms with E-state index in [2.05, 4.69) is 25.7 Å². The second-order valence-corrected chi connectivity index (χ2v) is 7.44. The van der Waals surface area contributed by atoms with E-state index in [0.717, 1.165) is 24.2 Å². The Hall–Kier alpha value is -1.10. The Bertz CT molecular complexity index is 807. The average Bonchev–Trinajstić information content (AvgIpc) is 3.07. The summed E-state index contributed by atoms with van der Waals surface area (Å²) >= 11 is 12.6. The molecule has 1 aliphatic rings. The first-order chi connectivity index (χ1) is 13.0. The summed E-state index contributed by atoms with van der Waals surface area (Å²) < 4.78 is 7.32. The number of nitrogens with zero attached hydrogens (tertiary/aromatic N) is 4. The molecule has 1 saturated heterocycles. The quantitative estimate of drug-likeness (QED) is 0.347. The third-order valence-corrected chi connectivity index (χ3v) is 5.54. The summed E-state index contributed by atoms with van der Waals surface area (Å²) in [6, 6.07) is 5.71. The van der Waals surface area contributed by atoms with E-state index in [9.17, 15) is 0 Å². The van der Waals surface area contributed by atoms with E-state index >= 15 is 0 Å². The van der Waals surface area contributed by atoms with E-state index in [1.54, 1.807) is 17.8 Å². The predicted molar refractivity (Wildman–Crippen MR) is 123 cm³/mol. The summed E-state index contributed by atoms with van der Waals surface area (Å²) in [5, 5.41) is 12.1. The van der Waals surface area contributed by atoms with Crippen LogP contribution in [0, 0.1) is 0 Å². The molecule has 0 aliphatic carbocycles. The molecular weight excluding hydrogens is 514 g/mol. The molecule has 2 heterocycles. The molecule has 0 radical (unpaired) electrons. The molecule has 1 fully saturated rings. The van der Waals surface area contributed by atoms with Gasteiger partial charge in [-0.3, -0.25) is 9.67 Å². The lowest BCUT2D eigenvalue weighted by Gasteiger charge is -2.38. The maximum atomic E-state index is 6.53. The van der Waals surface area contributed by atoms with Crippen LogP contribution in [0.5, 0.6) is 0 Å². The van der Waals surface area contributed by atoms with Gasteiger partial charge in [-0.15, -0.1) is 24.0 Å². The van der Waals surface area contributed by atoms with Crippen LogP contribution >= 0.6 is 47.2 Å². The van der Waals surface area contributed by atoms with Gasteiger partial charge in [0.15, 0.2) is 5.96 Å². The van der Waals surface area contributed by atoms with Gasteiger partial charge in [-0.1, -0.05) is 29.3 Å². The molecule has 2 N–H and O–H groups in total.